The Kier molecular flexibility index (Phi) is 3.64. The molecule has 0 N–H and O–H groups in total. The Balaban J connectivity index is 3.81. The van der Waals surface area contributed by atoms with Gasteiger partial charge in [-0.2, -0.15) is 0 Å². The number of hydrogen-bond donors (Lipinski definition) is 0. The smallest absolute Gasteiger partial charge is 0.331 e. The molecule has 2 nitrogen and oxygen atoms in total. The molecule has 0 aromatic rings. The Morgan fingerprint density at radius 1 is 1.50 bits per heavy atom. The highest BCUT2D eigenvalue weighted by Crippen LogP contribution is 2.07. The first-order chi connectivity index (χ1) is 4.45. The first kappa shape index (κ1) is 9.69. The fourth-order valence-corrected chi connectivity index (χ4v) is 0.603. The van der Waals surface area contributed by atoms with Gasteiger partial charge in [0.1, 0.15) is 5.60 Å². The maximum absolute atomic E-state index is 10.7. The van der Waals surface area contributed by atoms with Crippen LogP contribution in [0.25, 0.3) is 0 Å². The van der Waals surface area contributed by atoms with Gasteiger partial charge < -0.3 is 4.74 Å². The van der Waals surface area contributed by atoms with Crippen LogP contribution in [0.15, 0.2) is 11.1 Å². The van der Waals surface area contributed by atoms with Crippen LogP contribution in [0.1, 0.15) is 20.8 Å². The molecule has 0 spiro atoms. The molecule has 0 fully saturated rings. The third-order valence-corrected chi connectivity index (χ3v) is 0.870. The summed E-state index contributed by atoms with van der Waals surface area (Å²) in [5, 5.41) is 0. The van der Waals surface area contributed by atoms with Crippen molar-refractivity contribution in [2.24, 2.45) is 0 Å². The number of rotatable bonds is 1. The molecule has 3 heteroatoms. The average molecular weight is 207 g/mol. The lowest BCUT2D eigenvalue weighted by Crippen LogP contribution is -2.22. The van der Waals surface area contributed by atoms with Gasteiger partial charge in [-0.3, -0.25) is 0 Å². The fraction of sp³-hybridized carbons (Fsp3) is 0.571. The van der Waals surface area contributed by atoms with Gasteiger partial charge >= 0.3 is 5.97 Å². The van der Waals surface area contributed by atoms with Crippen LogP contribution in [0, 0.1) is 0 Å². The molecular weight excluding hydrogens is 196 g/mol. The van der Waals surface area contributed by atoms with Crippen LogP contribution in [0.3, 0.4) is 0 Å². The standard InChI is InChI=1S/C7H11BrO2/c1-7(2,3)10-6(9)4-5-8/h4-5H,1-3H3. The highest BCUT2D eigenvalue weighted by atomic mass is 79.9. The van der Waals surface area contributed by atoms with E-state index in [1.54, 1.807) is 0 Å². The molecule has 0 saturated heterocycles. The minimum absolute atomic E-state index is 0.329. The first-order valence-electron chi connectivity index (χ1n) is 2.95. The molecule has 58 valence electrons. The largest absolute Gasteiger partial charge is 0.457 e. The fourth-order valence-electron chi connectivity index (χ4n) is 0.387. The number of carbonyl (C=O) groups is 1. The lowest BCUT2D eigenvalue weighted by Gasteiger charge is -2.17. The van der Waals surface area contributed by atoms with Gasteiger partial charge in [0.05, 0.1) is 0 Å². The second-order valence-electron chi connectivity index (χ2n) is 2.83. The van der Waals surface area contributed by atoms with E-state index in [-0.39, 0.29) is 5.97 Å². The molecule has 0 bridgehead atoms. The van der Waals surface area contributed by atoms with Crippen molar-refractivity contribution in [3.63, 3.8) is 0 Å². The van der Waals surface area contributed by atoms with Gasteiger partial charge in [-0.15, -0.1) is 0 Å². The lowest BCUT2D eigenvalue weighted by molar-refractivity contribution is -0.148. The minimum Gasteiger partial charge on any atom is -0.457 e. The molecule has 0 aromatic carbocycles. The van der Waals surface area contributed by atoms with Crippen LogP contribution in [-0.2, 0) is 9.53 Å². The highest BCUT2D eigenvalue weighted by molar-refractivity contribution is 9.11. The Bertz CT molecular complexity index is 144. The quantitative estimate of drug-likeness (QED) is 0.486. The van der Waals surface area contributed by atoms with E-state index in [9.17, 15) is 4.79 Å². The van der Waals surface area contributed by atoms with Gasteiger partial charge in [0.2, 0.25) is 0 Å². The van der Waals surface area contributed by atoms with Crippen LogP contribution in [0.2, 0.25) is 0 Å². The van der Waals surface area contributed by atoms with Crippen molar-refractivity contribution < 1.29 is 9.53 Å². The summed E-state index contributed by atoms with van der Waals surface area (Å²) in [4.78, 5) is 12.2. The summed E-state index contributed by atoms with van der Waals surface area (Å²) in [7, 11) is 0. The average Bonchev–Trinajstić information content (AvgIpc) is 1.59. The normalized spacial score (nSPS) is 12.0. The summed E-state index contributed by atoms with van der Waals surface area (Å²) in [6.45, 7) is 5.48. The van der Waals surface area contributed by atoms with Gasteiger partial charge in [0, 0.05) is 6.08 Å². The summed E-state index contributed by atoms with van der Waals surface area (Å²) >= 11 is 2.98. The molecule has 0 aromatic heterocycles. The van der Waals surface area contributed by atoms with E-state index in [0.717, 1.165) is 0 Å². The molecule has 0 atom stereocenters. The molecule has 0 aliphatic carbocycles. The molecule has 0 rings (SSSR count). The number of hydrogen-bond acceptors (Lipinski definition) is 2. The van der Waals surface area contributed by atoms with Crippen molar-refractivity contribution >= 4 is 21.9 Å². The van der Waals surface area contributed by atoms with E-state index < -0.39 is 5.60 Å². The van der Waals surface area contributed by atoms with E-state index in [4.69, 9.17) is 4.74 Å². The van der Waals surface area contributed by atoms with Gasteiger partial charge in [-0.05, 0) is 25.8 Å². The van der Waals surface area contributed by atoms with Crippen LogP contribution < -0.4 is 0 Å². The van der Waals surface area contributed by atoms with E-state index in [0.29, 0.717) is 0 Å². The van der Waals surface area contributed by atoms with Crippen molar-refractivity contribution in [3.8, 4) is 0 Å². The molecule has 0 saturated carbocycles. The van der Waals surface area contributed by atoms with E-state index in [1.807, 2.05) is 20.8 Å². The summed E-state index contributed by atoms with van der Waals surface area (Å²) in [6.07, 6.45) is 1.32. The highest BCUT2D eigenvalue weighted by Gasteiger charge is 2.13. The lowest BCUT2D eigenvalue weighted by atomic mass is 10.2. The summed E-state index contributed by atoms with van der Waals surface area (Å²) in [6, 6.07) is 0. The monoisotopic (exact) mass is 206 g/mol. The van der Waals surface area contributed by atoms with Crippen molar-refractivity contribution in [1.29, 1.82) is 0 Å². The Morgan fingerprint density at radius 3 is 2.30 bits per heavy atom. The third-order valence-electron chi connectivity index (χ3n) is 0.606. The summed E-state index contributed by atoms with van der Waals surface area (Å²) in [5.41, 5.74) is -0.399. The number of carbonyl (C=O) groups excluding carboxylic acids is 1. The molecule has 0 amide bonds. The summed E-state index contributed by atoms with van der Waals surface area (Å²) in [5.74, 6) is -0.329. The maximum Gasteiger partial charge on any atom is 0.331 e. The van der Waals surface area contributed by atoms with Crippen molar-refractivity contribution in [1.82, 2.24) is 0 Å². The Labute approximate surface area is 69.4 Å². The van der Waals surface area contributed by atoms with Gasteiger partial charge in [-0.1, -0.05) is 15.9 Å². The Morgan fingerprint density at radius 2 is 2.00 bits per heavy atom. The number of ether oxygens (including phenoxy) is 1. The number of halogens is 1. The predicted molar refractivity (Wildman–Crippen MR) is 43.9 cm³/mol. The molecule has 0 radical (unpaired) electrons. The van der Waals surface area contributed by atoms with E-state index >= 15 is 0 Å². The van der Waals surface area contributed by atoms with Crippen molar-refractivity contribution in [2.45, 2.75) is 26.4 Å². The van der Waals surface area contributed by atoms with Crippen LogP contribution >= 0.6 is 15.9 Å². The number of esters is 1. The summed E-state index contributed by atoms with van der Waals surface area (Å²) < 4.78 is 4.92. The molecule has 0 heterocycles. The van der Waals surface area contributed by atoms with Crippen LogP contribution in [0.5, 0.6) is 0 Å². The van der Waals surface area contributed by atoms with Gasteiger partial charge in [-0.25, -0.2) is 4.79 Å². The SMILES string of the molecule is CC(C)(C)OC(=O)C=CBr. The van der Waals surface area contributed by atoms with Gasteiger partial charge in [0.15, 0.2) is 0 Å². The maximum atomic E-state index is 10.7. The molecular formula is C7H11BrO2. The van der Waals surface area contributed by atoms with Crippen LogP contribution in [0.4, 0.5) is 0 Å². The van der Waals surface area contributed by atoms with E-state index in [2.05, 4.69) is 15.9 Å². The van der Waals surface area contributed by atoms with E-state index in [1.165, 1.54) is 11.1 Å². The van der Waals surface area contributed by atoms with Gasteiger partial charge in [0.25, 0.3) is 0 Å². The second-order valence-corrected chi connectivity index (χ2v) is 3.35. The molecule has 0 unspecified atom stereocenters. The second kappa shape index (κ2) is 3.76. The first-order valence-corrected chi connectivity index (χ1v) is 3.87. The molecule has 10 heavy (non-hydrogen) atoms. The van der Waals surface area contributed by atoms with Crippen molar-refractivity contribution in [3.05, 3.63) is 11.1 Å². The predicted octanol–water partition coefficient (Wildman–Crippen LogP) is 2.24. The zero-order chi connectivity index (χ0) is 8.20. The van der Waals surface area contributed by atoms with Crippen LogP contribution in [-0.4, -0.2) is 11.6 Å². The zero-order valence-corrected chi connectivity index (χ0v) is 7.94. The molecule has 0 aliphatic rings. The zero-order valence-electron chi connectivity index (χ0n) is 6.35. The van der Waals surface area contributed by atoms with Crippen molar-refractivity contribution in [2.75, 3.05) is 0 Å². The topological polar surface area (TPSA) is 26.3 Å². The third kappa shape index (κ3) is 5.82. The molecule has 0 aliphatic heterocycles. The minimum atomic E-state index is -0.399. The Hall–Kier alpha value is -0.310.